The molecule has 4 heteroatoms. The molecule has 1 amide bonds. The van der Waals surface area contributed by atoms with Gasteiger partial charge in [-0.2, -0.15) is 0 Å². The number of hydrogen-bond acceptors (Lipinski definition) is 2. The van der Waals surface area contributed by atoms with Gasteiger partial charge in [0.15, 0.2) is 0 Å². The molecule has 0 bridgehead atoms. The fourth-order valence-corrected chi connectivity index (χ4v) is 1.69. The van der Waals surface area contributed by atoms with E-state index in [1.165, 1.54) is 0 Å². The Morgan fingerprint density at radius 3 is 2.53 bits per heavy atom. The maximum atomic E-state index is 11.6. The van der Waals surface area contributed by atoms with Gasteiger partial charge < -0.3 is 4.74 Å². The van der Waals surface area contributed by atoms with Gasteiger partial charge in [0.2, 0.25) is 0 Å². The van der Waals surface area contributed by atoms with Gasteiger partial charge in [0.25, 0.3) is 0 Å². The van der Waals surface area contributed by atoms with Gasteiger partial charge >= 0.3 is 6.09 Å². The second kappa shape index (κ2) is 6.25. The highest BCUT2D eigenvalue weighted by Gasteiger charge is 2.05. The Morgan fingerprint density at radius 1 is 1.16 bits per heavy atom. The molecule has 0 heterocycles. The SMILES string of the molecule is [CH2]c1ccc(NC(=O)OCc2ccccc2Cl)cc1. The van der Waals surface area contributed by atoms with Crippen molar-refractivity contribution in [1.29, 1.82) is 0 Å². The number of ether oxygens (including phenoxy) is 1. The highest BCUT2D eigenvalue weighted by atomic mass is 35.5. The van der Waals surface area contributed by atoms with E-state index in [1.54, 1.807) is 18.2 Å². The number of nitrogens with one attached hydrogen (secondary N) is 1. The van der Waals surface area contributed by atoms with Gasteiger partial charge in [0.05, 0.1) is 0 Å². The van der Waals surface area contributed by atoms with Crippen LogP contribution in [0.5, 0.6) is 0 Å². The van der Waals surface area contributed by atoms with Crippen LogP contribution >= 0.6 is 11.6 Å². The van der Waals surface area contributed by atoms with Crippen molar-refractivity contribution in [1.82, 2.24) is 0 Å². The van der Waals surface area contributed by atoms with Crippen molar-refractivity contribution < 1.29 is 9.53 Å². The predicted octanol–water partition coefficient (Wildman–Crippen LogP) is 4.27. The summed E-state index contributed by atoms with van der Waals surface area (Å²) in [6.45, 7) is 3.91. The number of anilines is 1. The van der Waals surface area contributed by atoms with Crippen LogP contribution in [0.25, 0.3) is 0 Å². The number of carbonyl (C=O) groups excluding carboxylic acids is 1. The van der Waals surface area contributed by atoms with E-state index < -0.39 is 6.09 Å². The second-order valence-corrected chi connectivity index (χ2v) is 4.40. The van der Waals surface area contributed by atoms with Crippen molar-refractivity contribution in [2.45, 2.75) is 6.61 Å². The van der Waals surface area contributed by atoms with E-state index in [0.717, 1.165) is 11.1 Å². The Bertz CT molecular complexity index is 567. The topological polar surface area (TPSA) is 38.3 Å². The van der Waals surface area contributed by atoms with E-state index in [1.807, 2.05) is 30.3 Å². The standard InChI is InChI=1S/C15H13ClNO2/c1-11-6-8-13(9-7-11)17-15(18)19-10-12-4-2-3-5-14(12)16/h2-9H,1,10H2,(H,17,18). The van der Waals surface area contributed by atoms with E-state index in [-0.39, 0.29) is 6.61 Å². The summed E-state index contributed by atoms with van der Waals surface area (Å²) in [5.41, 5.74) is 2.32. The maximum Gasteiger partial charge on any atom is 0.411 e. The number of hydrogen-bond donors (Lipinski definition) is 1. The Labute approximate surface area is 117 Å². The summed E-state index contributed by atoms with van der Waals surface area (Å²) < 4.78 is 5.09. The molecule has 1 N–H and O–H groups in total. The van der Waals surface area contributed by atoms with Crippen molar-refractivity contribution in [3.05, 3.63) is 71.6 Å². The van der Waals surface area contributed by atoms with Gasteiger partial charge in [-0.25, -0.2) is 4.79 Å². The molecule has 0 aliphatic carbocycles. The summed E-state index contributed by atoms with van der Waals surface area (Å²) >= 11 is 5.97. The first-order valence-electron chi connectivity index (χ1n) is 5.74. The normalized spacial score (nSPS) is 10.0. The van der Waals surface area contributed by atoms with Gasteiger partial charge in [0.1, 0.15) is 6.61 Å². The fourth-order valence-electron chi connectivity index (χ4n) is 1.50. The van der Waals surface area contributed by atoms with Crippen molar-refractivity contribution >= 4 is 23.4 Å². The zero-order valence-electron chi connectivity index (χ0n) is 10.2. The van der Waals surface area contributed by atoms with E-state index in [9.17, 15) is 4.79 Å². The molecule has 1 radical (unpaired) electrons. The van der Waals surface area contributed by atoms with Crippen LogP contribution in [-0.4, -0.2) is 6.09 Å². The van der Waals surface area contributed by atoms with E-state index in [0.29, 0.717) is 10.7 Å². The van der Waals surface area contributed by atoms with Crippen LogP contribution in [-0.2, 0) is 11.3 Å². The smallest absolute Gasteiger partial charge is 0.411 e. The summed E-state index contributed by atoms with van der Waals surface area (Å²) in [6.07, 6.45) is -0.517. The number of amides is 1. The molecular formula is C15H13ClNO2. The first-order chi connectivity index (χ1) is 9.15. The number of halogens is 1. The molecule has 2 rings (SSSR count). The minimum absolute atomic E-state index is 0.138. The minimum Gasteiger partial charge on any atom is -0.444 e. The number of carbonyl (C=O) groups is 1. The molecule has 97 valence electrons. The lowest BCUT2D eigenvalue weighted by Crippen LogP contribution is -2.13. The maximum absolute atomic E-state index is 11.6. The number of benzene rings is 2. The lowest BCUT2D eigenvalue weighted by atomic mass is 10.2. The van der Waals surface area contributed by atoms with Crippen LogP contribution in [0.15, 0.2) is 48.5 Å². The summed E-state index contributed by atoms with van der Waals surface area (Å²) in [4.78, 5) is 11.6. The predicted molar refractivity (Wildman–Crippen MR) is 76.2 cm³/mol. The molecule has 0 aromatic heterocycles. The molecule has 0 spiro atoms. The van der Waals surface area contributed by atoms with Crippen LogP contribution in [0.2, 0.25) is 5.02 Å². The lowest BCUT2D eigenvalue weighted by molar-refractivity contribution is 0.155. The van der Waals surface area contributed by atoms with Crippen LogP contribution in [0.1, 0.15) is 11.1 Å². The van der Waals surface area contributed by atoms with E-state index >= 15 is 0 Å². The van der Waals surface area contributed by atoms with Crippen molar-refractivity contribution in [3.8, 4) is 0 Å². The number of rotatable bonds is 3. The third-order valence-corrected chi connectivity index (χ3v) is 2.89. The van der Waals surface area contributed by atoms with Gasteiger partial charge in [-0.15, -0.1) is 0 Å². The molecule has 3 nitrogen and oxygen atoms in total. The molecule has 0 saturated heterocycles. The zero-order valence-corrected chi connectivity index (χ0v) is 11.0. The zero-order chi connectivity index (χ0) is 13.7. The largest absolute Gasteiger partial charge is 0.444 e. The molecule has 19 heavy (non-hydrogen) atoms. The highest BCUT2D eigenvalue weighted by Crippen LogP contribution is 2.16. The highest BCUT2D eigenvalue weighted by molar-refractivity contribution is 6.31. The summed E-state index contributed by atoms with van der Waals surface area (Å²) in [5.74, 6) is 0. The Hall–Kier alpha value is -2.00. The monoisotopic (exact) mass is 274 g/mol. The second-order valence-electron chi connectivity index (χ2n) is 3.99. The first-order valence-corrected chi connectivity index (χ1v) is 6.12. The van der Waals surface area contributed by atoms with Crippen LogP contribution < -0.4 is 5.32 Å². The van der Waals surface area contributed by atoms with Crippen molar-refractivity contribution in [2.75, 3.05) is 5.32 Å². The quantitative estimate of drug-likeness (QED) is 0.908. The average molecular weight is 275 g/mol. The van der Waals surface area contributed by atoms with Gasteiger partial charge in [-0.1, -0.05) is 41.9 Å². The third kappa shape index (κ3) is 4.00. The Kier molecular flexibility index (Phi) is 4.42. The van der Waals surface area contributed by atoms with Crippen LogP contribution in [0, 0.1) is 6.92 Å². The Balaban J connectivity index is 1.88. The van der Waals surface area contributed by atoms with E-state index in [4.69, 9.17) is 16.3 Å². The summed E-state index contributed by atoms with van der Waals surface area (Å²) in [5, 5.41) is 3.21. The average Bonchev–Trinajstić information content (AvgIpc) is 2.40. The molecule has 2 aromatic rings. The molecule has 0 fully saturated rings. The van der Waals surface area contributed by atoms with Crippen LogP contribution in [0.3, 0.4) is 0 Å². The van der Waals surface area contributed by atoms with E-state index in [2.05, 4.69) is 12.2 Å². The molecule has 0 aliphatic heterocycles. The third-order valence-electron chi connectivity index (χ3n) is 2.52. The summed E-state index contributed by atoms with van der Waals surface area (Å²) in [7, 11) is 0. The fraction of sp³-hybridized carbons (Fsp3) is 0.0667. The minimum atomic E-state index is -0.517. The van der Waals surface area contributed by atoms with Crippen molar-refractivity contribution in [2.24, 2.45) is 0 Å². The summed E-state index contributed by atoms with van der Waals surface area (Å²) in [6, 6.07) is 14.4. The molecular weight excluding hydrogens is 262 g/mol. The van der Waals surface area contributed by atoms with Crippen molar-refractivity contribution in [3.63, 3.8) is 0 Å². The molecule has 0 atom stereocenters. The molecule has 0 saturated carbocycles. The lowest BCUT2D eigenvalue weighted by Gasteiger charge is -2.08. The van der Waals surface area contributed by atoms with Gasteiger partial charge in [-0.05, 0) is 30.7 Å². The van der Waals surface area contributed by atoms with Gasteiger partial charge in [0, 0.05) is 16.3 Å². The van der Waals surface area contributed by atoms with Gasteiger partial charge in [-0.3, -0.25) is 5.32 Å². The Morgan fingerprint density at radius 2 is 1.84 bits per heavy atom. The molecule has 2 aromatic carbocycles. The molecule has 0 unspecified atom stereocenters. The van der Waals surface area contributed by atoms with Crippen LogP contribution in [0.4, 0.5) is 10.5 Å². The molecule has 0 aliphatic rings. The first kappa shape index (κ1) is 13.4.